The molecule has 1 rings (SSSR count). The molecule has 3 atom stereocenters. The standard InChI is InChI=1S/C10H21NO/c1-3-8(2)10(11)6-9-4-5-12-7-9/h8-10H,3-7,11H2,1-2H3. The molecule has 72 valence electrons. The third kappa shape index (κ3) is 2.76. The van der Waals surface area contributed by atoms with E-state index in [2.05, 4.69) is 13.8 Å². The van der Waals surface area contributed by atoms with E-state index in [1.165, 1.54) is 12.8 Å². The number of nitrogens with two attached hydrogens (primary N) is 1. The van der Waals surface area contributed by atoms with Crippen molar-refractivity contribution in [1.29, 1.82) is 0 Å². The van der Waals surface area contributed by atoms with E-state index < -0.39 is 0 Å². The average Bonchev–Trinajstić information content (AvgIpc) is 2.55. The fraction of sp³-hybridized carbons (Fsp3) is 1.00. The molecule has 0 bridgehead atoms. The molecule has 2 heteroatoms. The highest BCUT2D eigenvalue weighted by atomic mass is 16.5. The minimum atomic E-state index is 0.377. The van der Waals surface area contributed by atoms with E-state index in [1.807, 2.05) is 0 Å². The summed E-state index contributed by atoms with van der Waals surface area (Å²) >= 11 is 0. The first-order valence-corrected chi connectivity index (χ1v) is 5.07. The van der Waals surface area contributed by atoms with Crippen LogP contribution in [0.25, 0.3) is 0 Å². The van der Waals surface area contributed by atoms with Gasteiger partial charge >= 0.3 is 0 Å². The molecule has 1 saturated heterocycles. The van der Waals surface area contributed by atoms with Gasteiger partial charge in [-0.25, -0.2) is 0 Å². The van der Waals surface area contributed by atoms with Crippen molar-refractivity contribution in [2.24, 2.45) is 17.6 Å². The molecule has 0 radical (unpaired) electrons. The van der Waals surface area contributed by atoms with E-state index in [1.54, 1.807) is 0 Å². The first-order valence-electron chi connectivity index (χ1n) is 5.07. The van der Waals surface area contributed by atoms with Crippen molar-refractivity contribution in [1.82, 2.24) is 0 Å². The Balaban J connectivity index is 2.19. The highest BCUT2D eigenvalue weighted by molar-refractivity contribution is 4.74. The second kappa shape index (κ2) is 4.83. The second-order valence-electron chi connectivity index (χ2n) is 4.01. The zero-order valence-corrected chi connectivity index (χ0v) is 8.25. The minimum Gasteiger partial charge on any atom is -0.381 e. The summed E-state index contributed by atoms with van der Waals surface area (Å²) in [7, 11) is 0. The smallest absolute Gasteiger partial charge is 0.0495 e. The Kier molecular flexibility index (Phi) is 4.02. The summed E-state index contributed by atoms with van der Waals surface area (Å²) in [5.41, 5.74) is 6.05. The highest BCUT2D eigenvalue weighted by Gasteiger charge is 2.20. The summed E-state index contributed by atoms with van der Waals surface area (Å²) in [5.74, 6) is 1.39. The van der Waals surface area contributed by atoms with Crippen LogP contribution in [-0.4, -0.2) is 19.3 Å². The third-order valence-corrected chi connectivity index (χ3v) is 3.00. The van der Waals surface area contributed by atoms with Gasteiger partial charge in [-0.3, -0.25) is 0 Å². The van der Waals surface area contributed by atoms with Crippen molar-refractivity contribution in [3.8, 4) is 0 Å². The molecule has 0 saturated carbocycles. The maximum Gasteiger partial charge on any atom is 0.0495 e. The zero-order valence-electron chi connectivity index (χ0n) is 8.25. The van der Waals surface area contributed by atoms with E-state index in [9.17, 15) is 0 Å². The van der Waals surface area contributed by atoms with Crippen molar-refractivity contribution < 1.29 is 4.74 Å². The molecule has 1 fully saturated rings. The lowest BCUT2D eigenvalue weighted by Gasteiger charge is -2.20. The van der Waals surface area contributed by atoms with Gasteiger partial charge in [-0.05, 0) is 24.7 Å². The van der Waals surface area contributed by atoms with Gasteiger partial charge in [-0.2, -0.15) is 0 Å². The summed E-state index contributed by atoms with van der Waals surface area (Å²) < 4.78 is 5.32. The Morgan fingerprint density at radius 2 is 2.33 bits per heavy atom. The molecular formula is C10H21NO. The topological polar surface area (TPSA) is 35.2 Å². The maximum atomic E-state index is 6.05. The quantitative estimate of drug-likeness (QED) is 0.700. The van der Waals surface area contributed by atoms with E-state index in [4.69, 9.17) is 10.5 Å². The fourth-order valence-electron chi connectivity index (χ4n) is 1.69. The average molecular weight is 171 g/mol. The Morgan fingerprint density at radius 3 is 2.83 bits per heavy atom. The van der Waals surface area contributed by atoms with E-state index in [0.29, 0.717) is 12.0 Å². The second-order valence-corrected chi connectivity index (χ2v) is 4.01. The molecule has 0 aliphatic carbocycles. The Bertz CT molecular complexity index is 121. The molecule has 0 aromatic carbocycles. The predicted octanol–water partition coefficient (Wildman–Crippen LogP) is 1.79. The molecule has 1 aliphatic rings. The van der Waals surface area contributed by atoms with Crippen LogP contribution in [0.1, 0.15) is 33.1 Å². The van der Waals surface area contributed by atoms with Gasteiger partial charge in [-0.1, -0.05) is 20.3 Å². The van der Waals surface area contributed by atoms with E-state index in [0.717, 1.165) is 25.6 Å². The van der Waals surface area contributed by atoms with Crippen LogP contribution < -0.4 is 5.73 Å². The Labute approximate surface area is 75.5 Å². The summed E-state index contributed by atoms with van der Waals surface area (Å²) in [6.07, 6.45) is 3.55. The predicted molar refractivity (Wildman–Crippen MR) is 51.0 cm³/mol. The molecule has 0 aromatic rings. The van der Waals surface area contributed by atoms with Crippen molar-refractivity contribution >= 4 is 0 Å². The summed E-state index contributed by atoms with van der Waals surface area (Å²) in [6, 6.07) is 0.377. The van der Waals surface area contributed by atoms with Crippen molar-refractivity contribution in [3.05, 3.63) is 0 Å². The van der Waals surface area contributed by atoms with Gasteiger partial charge in [0.15, 0.2) is 0 Å². The van der Waals surface area contributed by atoms with Crippen molar-refractivity contribution in [2.75, 3.05) is 13.2 Å². The molecule has 2 nitrogen and oxygen atoms in total. The lowest BCUT2D eigenvalue weighted by atomic mass is 9.90. The summed E-state index contributed by atoms with van der Waals surface area (Å²) in [4.78, 5) is 0. The van der Waals surface area contributed by atoms with Crippen LogP contribution in [0, 0.1) is 11.8 Å². The van der Waals surface area contributed by atoms with Gasteiger partial charge in [0.25, 0.3) is 0 Å². The fourth-order valence-corrected chi connectivity index (χ4v) is 1.69. The van der Waals surface area contributed by atoms with Crippen LogP contribution in [0.15, 0.2) is 0 Å². The number of ether oxygens (including phenoxy) is 1. The van der Waals surface area contributed by atoms with E-state index in [-0.39, 0.29) is 0 Å². The van der Waals surface area contributed by atoms with Gasteiger partial charge in [0.1, 0.15) is 0 Å². The molecule has 2 N–H and O–H groups in total. The van der Waals surface area contributed by atoms with Crippen LogP contribution in [0.3, 0.4) is 0 Å². The molecular weight excluding hydrogens is 150 g/mol. The van der Waals surface area contributed by atoms with Gasteiger partial charge in [0, 0.05) is 19.3 Å². The lowest BCUT2D eigenvalue weighted by molar-refractivity contribution is 0.180. The maximum absolute atomic E-state index is 6.05. The molecule has 0 aromatic heterocycles. The molecule has 12 heavy (non-hydrogen) atoms. The minimum absolute atomic E-state index is 0.377. The van der Waals surface area contributed by atoms with Crippen LogP contribution in [0.2, 0.25) is 0 Å². The molecule has 3 unspecified atom stereocenters. The SMILES string of the molecule is CCC(C)C(N)CC1CCOC1. The van der Waals surface area contributed by atoms with Crippen LogP contribution in [0.4, 0.5) is 0 Å². The summed E-state index contributed by atoms with van der Waals surface area (Å²) in [6.45, 7) is 6.32. The number of hydrogen-bond donors (Lipinski definition) is 1. The number of hydrogen-bond acceptors (Lipinski definition) is 2. The third-order valence-electron chi connectivity index (χ3n) is 3.00. The van der Waals surface area contributed by atoms with Crippen molar-refractivity contribution in [3.63, 3.8) is 0 Å². The molecule has 1 heterocycles. The van der Waals surface area contributed by atoms with E-state index >= 15 is 0 Å². The monoisotopic (exact) mass is 171 g/mol. The first kappa shape index (κ1) is 10.0. The van der Waals surface area contributed by atoms with Crippen LogP contribution >= 0.6 is 0 Å². The highest BCUT2D eigenvalue weighted by Crippen LogP contribution is 2.21. The zero-order chi connectivity index (χ0) is 8.97. The van der Waals surface area contributed by atoms with Gasteiger partial charge in [0.05, 0.1) is 0 Å². The van der Waals surface area contributed by atoms with Gasteiger partial charge in [0.2, 0.25) is 0 Å². The normalized spacial score (nSPS) is 28.8. The Morgan fingerprint density at radius 1 is 1.58 bits per heavy atom. The van der Waals surface area contributed by atoms with Gasteiger partial charge in [-0.15, -0.1) is 0 Å². The largest absolute Gasteiger partial charge is 0.381 e. The molecule has 0 amide bonds. The lowest BCUT2D eigenvalue weighted by Crippen LogP contribution is -2.30. The Hall–Kier alpha value is -0.0800. The molecule has 1 aliphatic heterocycles. The summed E-state index contributed by atoms with van der Waals surface area (Å²) in [5, 5.41) is 0. The van der Waals surface area contributed by atoms with Crippen LogP contribution in [0.5, 0.6) is 0 Å². The van der Waals surface area contributed by atoms with Crippen molar-refractivity contribution in [2.45, 2.75) is 39.2 Å². The number of rotatable bonds is 4. The van der Waals surface area contributed by atoms with Gasteiger partial charge < -0.3 is 10.5 Å². The molecule has 0 spiro atoms. The van der Waals surface area contributed by atoms with Crippen LogP contribution in [-0.2, 0) is 4.74 Å². The first-order chi connectivity index (χ1) is 5.74.